The fraction of sp³-hybridized carbons (Fsp3) is 0.364. The lowest BCUT2D eigenvalue weighted by molar-refractivity contribution is 0.584. The minimum atomic E-state index is -3.60. The molecule has 0 aliphatic carbocycles. The van der Waals surface area contributed by atoms with Crippen molar-refractivity contribution in [1.82, 2.24) is 4.83 Å². The number of hydrazone groups is 1. The predicted octanol–water partition coefficient (Wildman–Crippen LogP) is 2.28. The number of hydrogen-bond donors (Lipinski definition) is 1. The lowest BCUT2D eigenvalue weighted by Gasteiger charge is -2.06. The summed E-state index contributed by atoms with van der Waals surface area (Å²) in [5.74, 6) is 0. The van der Waals surface area contributed by atoms with E-state index in [0.29, 0.717) is 5.71 Å². The van der Waals surface area contributed by atoms with Gasteiger partial charge in [0.15, 0.2) is 0 Å². The lowest BCUT2D eigenvalue weighted by Crippen LogP contribution is -2.21. The normalized spacial score (nSPS) is 14.5. The molecule has 1 aromatic rings. The first-order valence-corrected chi connectivity index (χ1v) is 7.01. The number of nitrogens with one attached hydrogen (secondary N) is 1. The van der Waals surface area contributed by atoms with Crippen molar-refractivity contribution in [3.05, 3.63) is 29.8 Å². The van der Waals surface area contributed by atoms with Crippen LogP contribution in [0.3, 0.4) is 0 Å². The summed E-state index contributed by atoms with van der Waals surface area (Å²) in [6, 6.07) is 6.53. The molecule has 1 rings (SSSR count). The summed E-state index contributed by atoms with van der Waals surface area (Å²) in [6.07, 6.45) is 0. The van der Waals surface area contributed by atoms with Gasteiger partial charge in [-0.3, -0.25) is 0 Å². The first-order valence-electron chi connectivity index (χ1n) is 5.09. The van der Waals surface area contributed by atoms with E-state index >= 15 is 0 Å². The molecule has 1 unspecified atom stereocenters. The summed E-state index contributed by atoms with van der Waals surface area (Å²) in [5, 5.41) is 3.43. The van der Waals surface area contributed by atoms with Gasteiger partial charge in [-0.05, 0) is 32.9 Å². The summed E-state index contributed by atoms with van der Waals surface area (Å²) in [5.41, 5.74) is 1.51. The number of halogens is 1. The maximum atomic E-state index is 11.8. The van der Waals surface area contributed by atoms with E-state index in [4.69, 9.17) is 11.6 Å². The van der Waals surface area contributed by atoms with E-state index in [1.807, 2.05) is 6.92 Å². The molecule has 0 saturated carbocycles. The van der Waals surface area contributed by atoms with Crippen molar-refractivity contribution in [2.45, 2.75) is 31.0 Å². The van der Waals surface area contributed by atoms with Crippen molar-refractivity contribution >= 4 is 27.3 Å². The zero-order valence-electron chi connectivity index (χ0n) is 9.94. The first kappa shape index (κ1) is 14.0. The van der Waals surface area contributed by atoms with Crippen molar-refractivity contribution in [2.75, 3.05) is 0 Å². The number of benzene rings is 1. The Morgan fingerprint density at radius 3 is 2.35 bits per heavy atom. The molecule has 1 N–H and O–H groups in total. The van der Waals surface area contributed by atoms with Gasteiger partial charge in [-0.2, -0.15) is 13.5 Å². The minimum absolute atomic E-state index is 0.182. The second kappa shape index (κ2) is 5.51. The standard InChI is InChI=1S/C11H15ClN2O2S/c1-8-4-6-11(7-5-8)17(15,16)14-13-10(3)9(2)12/h4-7,9,14H,1-3H3/b13-10+. The summed E-state index contributed by atoms with van der Waals surface area (Å²) in [4.78, 5) is 2.33. The molecule has 0 amide bonds. The van der Waals surface area contributed by atoms with Gasteiger partial charge in [0, 0.05) is 0 Å². The topological polar surface area (TPSA) is 58.5 Å². The molecule has 0 heterocycles. The predicted molar refractivity (Wildman–Crippen MR) is 69.9 cm³/mol. The van der Waals surface area contributed by atoms with Gasteiger partial charge in [0.1, 0.15) is 0 Å². The highest BCUT2D eigenvalue weighted by molar-refractivity contribution is 7.89. The maximum absolute atomic E-state index is 11.8. The van der Waals surface area contributed by atoms with Crippen molar-refractivity contribution in [2.24, 2.45) is 5.10 Å². The molecular weight excluding hydrogens is 260 g/mol. The third kappa shape index (κ3) is 4.02. The molecule has 0 aromatic heterocycles. The average molecular weight is 275 g/mol. The van der Waals surface area contributed by atoms with E-state index in [9.17, 15) is 8.42 Å². The van der Waals surface area contributed by atoms with Crippen LogP contribution in [0, 0.1) is 6.92 Å². The van der Waals surface area contributed by atoms with Crippen LogP contribution in [0.25, 0.3) is 0 Å². The average Bonchev–Trinajstić information content (AvgIpc) is 2.26. The molecule has 94 valence electrons. The summed E-state index contributed by atoms with van der Waals surface area (Å²) < 4.78 is 23.6. The van der Waals surface area contributed by atoms with Gasteiger partial charge in [-0.25, -0.2) is 4.83 Å². The summed E-state index contributed by atoms with van der Waals surface area (Å²) >= 11 is 5.76. The van der Waals surface area contributed by atoms with Crippen LogP contribution >= 0.6 is 11.6 Å². The zero-order valence-corrected chi connectivity index (χ0v) is 11.5. The molecular formula is C11H15ClN2O2S. The third-order valence-electron chi connectivity index (χ3n) is 2.25. The van der Waals surface area contributed by atoms with Crippen LogP contribution < -0.4 is 4.83 Å². The monoisotopic (exact) mass is 274 g/mol. The van der Waals surface area contributed by atoms with E-state index in [0.717, 1.165) is 5.56 Å². The van der Waals surface area contributed by atoms with Crippen LogP contribution in [0.5, 0.6) is 0 Å². The SMILES string of the molecule is C/C(=N\NS(=O)(=O)c1ccc(C)cc1)C(C)Cl. The van der Waals surface area contributed by atoms with E-state index in [-0.39, 0.29) is 10.3 Å². The smallest absolute Gasteiger partial charge is 0.200 e. The second-order valence-corrected chi connectivity index (χ2v) is 6.09. The molecule has 1 aromatic carbocycles. The highest BCUT2D eigenvalue weighted by Gasteiger charge is 2.12. The Kier molecular flexibility index (Phi) is 4.54. The Morgan fingerprint density at radius 1 is 1.35 bits per heavy atom. The van der Waals surface area contributed by atoms with Crippen LogP contribution in [0.2, 0.25) is 0 Å². The number of alkyl halides is 1. The number of aryl methyl sites for hydroxylation is 1. The summed E-state index contributed by atoms with van der Waals surface area (Å²) in [7, 11) is -3.60. The van der Waals surface area contributed by atoms with Crippen LogP contribution in [0.4, 0.5) is 0 Å². The Labute approximate surface area is 107 Å². The number of hydrogen-bond acceptors (Lipinski definition) is 3. The Balaban J connectivity index is 2.90. The van der Waals surface area contributed by atoms with Gasteiger partial charge < -0.3 is 0 Å². The minimum Gasteiger partial charge on any atom is -0.200 e. The van der Waals surface area contributed by atoms with Crippen molar-refractivity contribution < 1.29 is 8.42 Å². The Morgan fingerprint density at radius 2 is 1.88 bits per heavy atom. The summed E-state index contributed by atoms with van der Waals surface area (Å²) in [6.45, 7) is 5.27. The van der Waals surface area contributed by atoms with Crippen molar-refractivity contribution in [1.29, 1.82) is 0 Å². The van der Waals surface area contributed by atoms with E-state index < -0.39 is 10.0 Å². The quantitative estimate of drug-likeness (QED) is 0.520. The van der Waals surface area contributed by atoms with Gasteiger partial charge in [-0.1, -0.05) is 17.7 Å². The van der Waals surface area contributed by atoms with Gasteiger partial charge in [-0.15, -0.1) is 11.6 Å². The van der Waals surface area contributed by atoms with Gasteiger partial charge in [0.05, 0.1) is 16.0 Å². The van der Waals surface area contributed by atoms with E-state index in [1.54, 1.807) is 26.0 Å². The molecule has 6 heteroatoms. The number of rotatable bonds is 4. The van der Waals surface area contributed by atoms with Crippen LogP contribution in [0.1, 0.15) is 19.4 Å². The van der Waals surface area contributed by atoms with Gasteiger partial charge >= 0.3 is 0 Å². The molecule has 0 aliphatic heterocycles. The number of nitrogens with zero attached hydrogens (tertiary/aromatic N) is 1. The zero-order chi connectivity index (χ0) is 13.1. The van der Waals surface area contributed by atoms with Gasteiger partial charge in [0.25, 0.3) is 10.0 Å². The fourth-order valence-corrected chi connectivity index (χ4v) is 1.90. The first-order chi connectivity index (χ1) is 7.83. The van der Waals surface area contributed by atoms with Crippen LogP contribution in [-0.4, -0.2) is 19.5 Å². The molecule has 4 nitrogen and oxygen atoms in total. The van der Waals surface area contributed by atoms with Gasteiger partial charge in [0.2, 0.25) is 0 Å². The van der Waals surface area contributed by atoms with Crippen molar-refractivity contribution in [3.63, 3.8) is 0 Å². The molecule has 0 saturated heterocycles. The van der Waals surface area contributed by atoms with E-state index in [1.165, 1.54) is 12.1 Å². The highest BCUT2D eigenvalue weighted by Crippen LogP contribution is 2.09. The molecule has 0 spiro atoms. The van der Waals surface area contributed by atoms with Crippen molar-refractivity contribution in [3.8, 4) is 0 Å². The maximum Gasteiger partial charge on any atom is 0.276 e. The second-order valence-electron chi connectivity index (χ2n) is 3.78. The molecule has 0 bridgehead atoms. The fourth-order valence-electron chi connectivity index (χ4n) is 0.991. The molecule has 1 atom stereocenters. The van der Waals surface area contributed by atoms with Crippen LogP contribution in [-0.2, 0) is 10.0 Å². The Bertz CT molecular complexity index is 507. The molecule has 0 aliphatic rings. The third-order valence-corrected chi connectivity index (χ3v) is 3.79. The van der Waals surface area contributed by atoms with Crippen LogP contribution in [0.15, 0.2) is 34.3 Å². The Hall–Kier alpha value is -1.07. The van der Waals surface area contributed by atoms with E-state index in [2.05, 4.69) is 9.93 Å². The largest absolute Gasteiger partial charge is 0.276 e. The lowest BCUT2D eigenvalue weighted by atomic mass is 10.2. The number of sulfonamides is 1. The molecule has 0 fully saturated rings. The highest BCUT2D eigenvalue weighted by atomic mass is 35.5. The molecule has 0 radical (unpaired) electrons. The molecule has 17 heavy (non-hydrogen) atoms.